The van der Waals surface area contributed by atoms with Crippen LogP contribution < -0.4 is 16.0 Å². The fourth-order valence-corrected chi connectivity index (χ4v) is 3.24. The summed E-state index contributed by atoms with van der Waals surface area (Å²) < 4.78 is 7.66. The van der Waals surface area contributed by atoms with Crippen molar-refractivity contribution in [1.29, 1.82) is 0 Å². The molecule has 6 nitrogen and oxygen atoms in total. The van der Waals surface area contributed by atoms with Crippen molar-refractivity contribution in [2.75, 3.05) is 6.61 Å². The highest BCUT2D eigenvalue weighted by Gasteiger charge is 2.16. The van der Waals surface area contributed by atoms with E-state index < -0.39 is 0 Å². The molecule has 0 spiro atoms. The van der Waals surface area contributed by atoms with E-state index in [2.05, 4.69) is 9.97 Å². The maximum atomic E-state index is 12.6. The molecule has 0 aliphatic rings. The molecule has 0 aliphatic heterocycles. The summed E-state index contributed by atoms with van der Waals surface area (Å²) in [4.78, 5) is 19.7. The lowest BCUT2D eigenvalue weighted by atomic mass is 10.0. The average molecular weight is 388 g/mol. The zero-order valence-corrected chi connectivity index (χ0v) is 16.6. The zero-order valence-electron chi connectivity index (χ0n) is 16.6. The van der Waals surface area contributed by atoms with Gasteiger partial charge >= 0.3 is 0 Å². The van der Waals surface area contributed by atoms with Gasteiger partial charge in [-0.3, -0.25) is 4.79 Å². The number of nitrogens with two attached hydrogens (primary N) is 1. The molecule has 0 aliphatic carbocycles. The molecule has 6 heteroatoms. The summed E-state index contributed by atoms with van der Waals surface area (Å²) in [6.07, 6.45) is 4.16. The first-order chi connectivity index (χ1) is 13.9. The number of benzene rings is 2. The molecule has 0 fully saturated rings. The van der Waals surface area contributed by atoms with Crippen LogP contribution in [0.15, 0.2) is 71.9 Å². The molecule has 29 heavy (non-hydrogen) atoms. The van der Waals surface area contributed by atoms with Gasteiger partial charge in [-0.1, -0.05) is 30.3 Å². The van der Waals surface area contributed by atoms with Crippen LogP contribution in [0, 0.1) is 0 Å². The van der Waals surface area contributed by atoms with Gasteiger partial charge < -0.3 is 20.0 Å². The Morgan fingerprint density at radius 1 is 1.10 bits per heavy atom. The number of fused-ring (bicyclic) bond motifs is 1. The Labute approximate surface area is 169 Å². The van der Waals surface area contributed by atoms with Crippen molar-refractivity contribution < 1.29 is 4.74 Å². The van der Waals surface area contributed by atoms with Crippen molar-refractivity contribution in [2.45, 2.75) is 25.8 Å². The number of rotatable bonds is 6. The maximum Gasteiger partial charge on any atom is 0.275 e. The van der Waals surface area contributed by atoms with Crippen molar-refractivity contribution in [2.24, 2.45) is 5.73 Å². The van der Waals surface area contributed by atoms with Gasteiger partial charge in [-0.25, -0.2) is 4.98 Å². The lowest BCUT2D eigenvalue weighted by Crippen LogP contribution is -2.33. The van der Waals surface area contributed by atoms with Crippen LogP contribution in [0.1, 0.15) is 20.3 Å². The second kappa shape index (κ2) is 7.56. The summed E-state index contributed by atoms with van der Waals surface area (Å²) in [7, 11) is 0. The van der Waals surface area contributed by atoms with Crippen LogP contribution in [0.3, 0.4) is 0 Å². The van der Waals surface area contributed by atoms with E-state index in [-0.39, 0.29) is 11.1 Å². The van der Waals surface area contributed by atoms with E-state index in [4.69, 9.17) is 10.5 Å². The SMILES string of the molecule is CC(C)(N)CCOc1ccc(-n2cc(-c3ccccc3)c3nc[nH]c(=O)c32)cc1. The van der Waals surface area contributed by atoms with Crippen molar-refractivity contribution in [3.8, 4) is 22.6 Å². The third-order valence-electron chi connectivity index (χ3n) is 4.80. The van der Waals surface area contributed by atoms with E-state index in [9.17, 15) is 4.79 Å². The van der Waals surface area contributed by atoms with E-state index >= 15 is 0 Å². The first-order valence-electron chi connectivity index (χ1n) is 9.59. The van der Waals surface area contributed by atoms with E-state index in [1.165, 1.54) is 6.33 Å². The van der Waals surface area contributed by atoms with Crippen LogP contribution >= 0.6 is 0 Å². The fraction of sp³-hybridized carbons (Fsp3) is 0.217. The Bertz CT molecular complexity index is 1170. The molecular formula is C23H24N4O2. The highest BCUT2D eigenvalue weighted by molar-refractivity contribution is 5.93. The van der Waals surface area contributed by atoms with Gasteiger partial charge in [0.15, 0.2) is 0 Å². The van der Waals surface area contributed by atoms with Gasteiger partial charge in [0.05, 0.1) is 12.9 Å². The highest BCUT2D eigenvalue weighted by Crippen LogP contribution is 2.30. The number of aromatic nitrogens is 3. The number of aromatic amines is 1. The Morgan fingerprint density at radius 3 is 2.52 bits per heavy atom. The number of hydrogen-bond donors (Lipinski definition) is 2. The lowest BCUT2D eigenvalue weighted by Gasteiger charge is -2.18. The van der Waals surface area contributed by atoms with E-state index in [1.807, 2.05) is 79.2 Å². The fourth-order valence-electron chi connectivity index (χ4n) is 3.24. The van der Waals surface area contributed by atoms with Crippen LogP contribution in [0.2, 0.25) is 0 Å². The molecule has 2 aromatic heterocycles. The van der Waals surface area contributed by atoms with Crippen molar-refractivity contribution in [3.63, 3.8) is 0 Å². The van der Waals surface area contributed by atoms with Crippen molar-refractivity contribution in [3.05, 3.63) is 77.5 Å². The van der Waals surface area contributed by atoms with Crippen LogP contribution in [-0.4, -0.2) is 26.7 Å². The van der Waals surface area contributed by atoms with Gasteiger partial charge in [-0.2, -0.15) is 0 Å². The molecule has 0 radical (unpaired) electrons. The minimum Gasteiger partial charge on any atom is -0.494 e. The maximum absolute atomic E-state index is 12.6. The predicted molar refractivity (Wildman–Crippen MR) is 116 cm³/mol. The zero-order chi connectivity index (χ0) is 20.4. The van der Waals surface area contributed by atoms with Gasteiger partial charge in [0, 0.05) is 23.0 Å². The van der Waals surface area contributed by atoms with Crippen molar-refractivity contribution in [1.82, 2.24) is 14.5 Å². The van der Waals surface area contributed by atoms with Crippen LogP contribution in [0.4, 0.5) is 0 Å². The van der Waals surface area contributed by atoms with Gasteiger partial charge in [-0.05, 0) is 50.1 Å². The summed E-state index contributed by atoms with van der Waals surface area (Å²) in [5.74, 6) is 0.768. The second-order valence-electron chi connectivity index (χ2n) is 7.79. The third-order valence-corrected chi connectivity index (χ3v) is 4.80. The average Bonchev–Trinajstić information content (AvgIpc) is 3.09. The second-order valence-corrected chi connectivity index (χ2v) is 7.79. The van der Waals surface area contributed by atoms with Crippen LogP contribution in [0.5, 0.6) is 5.75 Å². The standard InChI is InChI=1S/C23H24N4O2/c1-23(2,24)12-13-29-18-10-8-17(9-11-18)27-14-19(16-6-4-3-5-7-16)20-21(27)22(28)26-15-25-20/h3-11,14-15H,12-13,24H2,1-2H3,(H,25,26,28). The quantitative estimate of drug-likeness (QED) is 0.525. The van der Waals surface area contributed by atoms with Crippen LogP contribution in [-0.2, 0) is 0 Å². The molecular weight excluding hydrogens is 364 g/mol. The minimum atomic E-state index is -0.258. The third kappa shape index (κ3) is 4.07. The number of nitrogens with one attached hydrogen (secondary N) is 1. The lowest BCUT2D eigenvalue weighted by molar-refractivity contribution is 0.274. The Kier molecular flexibility index (Phi) is 4.94. The molecule has 4 rings (SSSR count). The normalized spacial score (nSPS) is 11.7. The molecule has 4 aromatic rings. The molecule has 0 saturated heterocycles. The molecule has 148 valence electrons. The topological polar surface area (TPSA) is 85.9 Å². The molecule has 0 bridgehead atoms. The largest absolute Gasteiger partial charge is 0.494 e. The minimum absolute atomic E-state index is 0.178. The van der Waals surface area contributed by atoms with Gasteiger partial charge in [0.2, 0.25) is 0 Å². The molecule has 0 unspecified atom stereocenters. The predicted octanol–water partition coefficient (Wildman–Crippen LogP) is 3.89. The summed E-state index contributed by atoms with van der Waals surface area (Å²) in [6.45, 7) is 4.51. The molecule has 0 saturated carbocycles. The molecule has 0 amide bonds. The number of hydrogen-bond acceptors (Lipinski definition) is 4. The highest BCUT2D eigenvalue weighted by atomic mass is 16.5. The van der Waals surface area contributed by atoms with E-state index in [0.717, 1.165) is 29.0 Å². The van der Waals surface area contributed by atoms with E-state index in [0.29, 0.717) is 17.6 Å². The number of nitrogens with zero attached hydrogens (tertiary/aromatic N) is 2. The summed E-state index contributed by atoms with van der Waals surface area (Å²) in [5.41, 5.74) is 9.54. The molecule has 0 atom stereocenters. The van der Waals surface area contributed by atoms with Gasteiger partial charge in [0.25, 0.3) is 5.56 Å². The molecule has 2 aromatic carbocycles. The van der Waals surface area contributed by atoms with Crippen molar-refractivity contribution >= 4 is 11.0 Å². The Morgan fingerprint density at radius 2 is 1.83 bits per heavy atom. The van der Waals surface area contributed by atoms with Gasteiger partial charge in [-0.15, -0.1) is 0 Å². The summed E-state index contributed by atoms with van der Waals surface area (Å²) in [6, 6.07) is 17.6. The molecule has 2 heterocycles. The number of H-pyrrole nitrogens is 1. The molecule has 3 N–H and O–H groups in total. The monoisotopic (exact) mass is 388 g/mol. The van der Waals surface area contributed by atoms with Crippen LogP contribution in [0.25, 0.3) is 27.8 Å². The first kappa shape index (κ1) is 19.0. The Hall–Kier alpha value is -3.38. The summed E-state index contributed by atoms with van der Waals surface area (Å²) in [5, 5.41) is 0. The van der Waals surface area contributed by atoms with Gasteiger partial charge in [0.1, 0.15) is 16.8 Å². The smallest absolute Gasteiger partial charge is 0.275 e. The van der Waals surface area contributed by atoms with E-state index in [1.54, 1.807) is 0 Å². The Balaban J connectivity index is 1.70. The summed E-state index contributed by atoms with van der Waals surface area (Å²) >= 11 is 0. The number of ether oxygens (including phenoxy) is 1. The first-order valence-corrected chi connectivity index (χ1v) is 9.59.